The molecule has 1 fully saturated rings. The first-order chi connectivity index (χ1) is 13.6. The fraction of sp³-hybridized carbons (Fsp3) is 0.381. The first-order valence-corrected chi connectivity index (χ1v) is 9.56. The molecule has 1 aromatic heterocycles. The molecule has 0 atom stereocenters. The molecule has 148 valence electrons. The van der Waals surface area contributed by atoms with Gasteiger partial charge in [-0.2, -0.15) is 0 Å². The van der Waals surface area contributed by atoms with E-state index in [1.807, 2.05) is 24.3 Å². The van der Waals surface area contributed by atoms with Gasteiger partial charge in [0.2, 0.25) is 5.91 Å². The lowest BCUT2D eigenvalue weighted by Crippen LogP contribution is -2.51. The molecule has 1 saturated heterocycles. The van der Waals surface area contributed by atoms with E-state index in [4.69, 9.17) is 4.42 Å². The van der Waals surface area contributed by atoms with Gasteiger partial charge in [0.25, 0.3) is 11.8 Å². The van der Waals surface area contributed by atoms with Crippen molar-refractivity contribution in [1.29, 1.82) is 0 Å². The lowest BCUT2D eigenvalue weighted by Gasteiger charge is -2.35. The fourth-order valence-electron chi connectivity index (χ4n) is 3.16. The Bertz CT molecular complexity index is 807. The fourth-order valence-corrected chi connectivity index (χ4v) is 3.16. The number of piperazine rings is 1. The molecule has 0 saturated carbocycles. The predicted octanol–water partition coefficient (Wildman–Crippen LogP) is 1.95. The third-order valence-electron chi connectivity index (χ3n) is 4.90. The molecule has 28 heavy (non-hydrogen) atoms. The lowest BCUT2D eigenvalue weighted by molar-refractivity contribution is -0.132. The van der Waals surface area contributed by atoms with E-state index < -0.39 is 0 Å². The van der Waals surface area contributed by atoms with Crippen LogP contribution in [0.15, 0.2) is 47.1 Å². The summed E-state index contributed by atoms with van der Waals surface area (Å²) in [6, 6.07) is 10.9. The molecule has 0 unspecified atom stereocenters. The second-order valence-corrected chi connectivity index (χ2v) is 6.71. The molecule has 2 aromatic rings. The maximum atomic E-state index is 12.6. The monoisotopic (exact) mass is 383 g/mol. The average Bonchev–Trinajstić information content (AvgIpc) is 3.28. The van der Waals surface area contributed by atoms with Crippen LogP contribution in [0.3, 0.4) is 0 Å². The van der Waals surface area contributed by atoms with E-state index in [2.05, 4.69) is 12.2 Å². The zero-order valence-corrected chi connectivity index (χ0v) is 16.0. The van der Waals surface area contributed by atoms with Crippen LogP contribution in [-0.4, -0.2) is 60.2 Å². The van der Waals surface area contributed by atoms with Gasteiger partial charge in [-0.1, -0.05) is 19.1 Å². The van der Waals surface area contributed by atoms with Gasteiger partial charge in [-0.15, -0.1) is 0 Å². The summed E-state index contributed by atoms with van der Waals surface area (Å²) in [7, 11) is 0. The predicted molar refractivity (Wildman–Crippen MR) is 104 cm³/mol. The van der Waals surface area contributed by atoms with Crippen LogP contribution in [0.2, 0.25) is 0 Å². The average molecular weight is 383 g/mol. The number of nitrogens with one attached hydrogen (secondary N) is 1. The number of hydrogen-bond donors (Lipinski definition) is 1. The highest BCUT2D eigenvalue weighted by Crippen LogP contribution is 2.11. The van der Waals surface area contributed by atoms with Crippen molar-refractivity contribution in [3.05, 3.63) is 59.5 Å². The molecule has 1 aliphatic heterocycles. The van der Waals surface area contributed by atoms with Gasteiger partial charge in [0.15, 0.2) is 5.76 Å². The molecular weight excluding hydrogens is 358 g/mol. The summed E-state index contributed by atoms with van der Waals surface area (Å²) in [6.45, 7) is 4.36. The first kappa shape index (κ1) is 19.7. The molecule has 3 rings (SSSR count). The molecule has 7 heteroatoms. The Morgan fingerprint density at radius 3 is 2.29 bits per heavy atom. The van der Waals surface area contributed by atoms with Gasteiger partial charge in [0.1, 0.15) is 0 Å². The lowest BCUT2D eigenvalue weighted by atomic mass is 10.1. The van der Waals surface area contributed by atoms with E-state index >= 15 is 0 Å². The topological polar surface area (TPSA) is 82.9 Å². The normalized spacial score (nSPS) is 14.0. The highest BCUT2D eigenvalue weighted by atomic mass is 16.3. The van der Waals surface area contributed by atoms with Crippen molar-refractivity contribution in [3.63, 3.8) is 0 Å². The van der Waals surface area contributed by atoms with Crippen LogP contribution in [0.1, 0.15) is 39.8 Å². The van der Waals surface area contributed by atoms with E-state index in [0.717, 1.165) is 6.42 Å². The second kappa shape index (κ2) is 9.21. The van der Waals surface area contributed by atoms with Crippen molar-refractivity contribution in [2.45, 2.75) is 19.8 Å². The maximum Gasteiger partial charge on any atom is 0.286 e. The van der Waals surface area contributed by atoms with Crippen LogP contribution >= 0.6 is 0 Å². The van der Waals surface area contributed by atoms with Gasteiger partial charge in [-0.05, 0) is 36.2 Å². The van der Waals surface area contributed by atoms with Gasteiger partial charge in [0.05, 0.1) is 6.26 Å². The minimum atomic E-state index is -0.331. The van der Waals surface area contributed by atoms with Gasteiger partial charge in [-0.3, -0.25) is 14.4 Å². The Morgan fingerprint density at radius 2 is 1.68 bits per heavy atom. The molecule has 7 nitrogen and oxygen atoms in total. The Balaban J connectivity index is 1.42. The Kier molecular flexibility index (Phi) is 6.47. The van der Waals surface area contributed by atoms with E-state index in [1.54, 1.807) is 21.9 Å². The molecule has 0 bridgehead atoms. The molecule has 1 aromatic carbocycles. The molecule has 2 heterocycles. The molecule has 3 amide bonds. The summed E-state index contributed by atoms with van der Waals surface area (Å²) in [4.78, 5) is 40.2. The quantitative estimate of drug-likeness (QED) is 0.826. The van der Waals surface area contributed by atoms with Crippen molar-refractivity contribution in [2.24, 2.45) is 0 Å². The minimum absolute atomic E-state index is 0.000429. The van der Waals surface area contributed by atoms with Crippen molar-refractivity contribution in [1.82, 2.24) is 15.1 Å². The summed E-state index contributed by atoms with van der Waals surface area (Å²) in [5.74, 6) is -0.131. The van der Waals surface area contributed by atoms with E-state index in [9.17, 15) is 14.4 Å². The molecule has 1 N–H and O–H groups in total. The third-order valence-corrected chi connectivity index (χ3v) is 4.90. The van der Waals surface area contributed by atoms with Gasteiger partial charge in [0, 0.05) is 44.7 Å². The van der Waals surface area contributed by atoms with Crippen molar-refractivity contribution >= 4 is 17.7 Å². The van der Waals surface area contributed by atoms with Gasteiger partial charge < -0.3 is 19.5 Å². The zero-order valence-electron chi connectivity index (χ0n) is 16.0. The molecular formula is C21H25N3O4. The van der Waals surface area contributed by atoms with Crippen molar-refractivity contribution < 1.29 is 18.8 Å². The Labute approximate surface area is 164 Å². The number of hydrogen-bond acceptors (Lipinski definition) is 4. The van der Waals surface area contributed by atoms with Crippen molar-refractivity contribution in [2.75, 3.05) is 32.7 Å². The van der Waals surface area contributed by atoms with Crippen LogP contribution < -0.4 is 5.32 Å². The molecule has 0 radical (unpaired) electrons. The van der Waals surface area contributed by atoms with E-state index in [0.29, 0.717) is 31.7 Å². The molecule has 1 aliphatic rings. The largest absolute Gasteiger partial charge is 0.459 e. The number of rotatable bonds is 6. The van der Waals surface area contributed by atoms with E-state index in [-0.39, 0.29) is 36.4 Å². The molecule has 0 aliphatic carbocycles. The summed E-state index contributed by atoms with van der Waals surface area (Å²) < 4.78 is 5.01. The number of aryl methyl sites for hydroxylation is 1. The number of carbonyl (C=O) groups excluding carboxylic acids is 3. The smallest absolute Gasteiger partial charge is 0.286 e. The number of carbonyl (C=O) groups is 3. The summed E-state index contributed by atoms with van der Waals surface area (Å²) in [5.41, 5.74) is 1.88. The van der Waals surface area contributed by atoms with E-state index in [1.165, 1.54) is 11.8 Å². The SMILES string of the molecule is CCc1ccc(C(=O)N2CCN(C(=O)CCNC(=O)c3ccco3)CC2)cc1. The Morgan fingerprint density at radius 1 is 1.00 bits per heavy atom. The van der Waals surface area contributed by atoms with Gasteiger partial charge in [-0.25, -0.2) is 0 Å². The summed E-state index contributed by atoms with van der Waals surface area (Å²) >= 11 is 0. The number of benzene rings is 1. The van der Waals surface area contributed by atoms with Gasteiger partial charge >= 0.3 is 0 Å². The second-order valence-electron chi connectivity index (χ2n) is 6.71. The highest BCUT2D eigenvalue weighted by Gasteiger charge is 2.24. The summed E-state index contributed by atoms with van der Waals surface area (Å²) in [5, 5.41) is 2.67. The van der Waals surface area contributed by atoms with Crippen LogP contribution in [0.5, 0.6) is 0 Å². The van der Waals surface area contributed by atoms with Crippen LogP contribution in [0.25, 0.3) is 0 Å². The Hall–Kier alpha value is -3.09. The molecule has 0 spiro atoms. The third kappa shape index (κ3) is 4.79. The van der Waals surface area contributed by atoms with Crippen LogP contribution in [0.4, 0.5) is 0 Å². The standard InChI is InChI=1S/C21H25N3O4/c1-2-16-5-7-17(8-6-16)21(27)24-13-11-23(12-14-24)19(25)9-10-22-20(26)18-4-3-15-28-18/h3-8,15H,2,9-14H2,1H3,(H,22,26). The number of amides is 3. The first-order valence-electron chi connectivity index (χ1n) is 9.56. The maximum absolute atomic E-state index is 12.6. The zero-order chi connectivity index (χ0) is 19.9. The highest BCUT2D eigenvalue weighted by molar-refractivity contribution is 5.94. The number of furan rings is 1. The minimum Gasteiger partial charge on any atom is -0.459 e. The van der Waals surface area contributed by atoms with Crippen LogP contribution in [0, 0.1) is 0 Å². The van der Waals surface area contributed by atoms with Crippen molar-refractivity contribution in [3.8, 4) is 0 Å². The number of nitrogens with zero attached hydrogens (tertiary/aromatic N) is 2. The van der Waals surface area contributed by atoms with Crippen LogP contribution in [-0.2, 0) is 11.2 Å². The summed E-state index contributed by atoms with van der Waals surface area (Å²) in [6.07, 6.45) is 2.59.